The standard InChI is InChI=1S/C24H24N4O7.CH4/c1-27(2)18-12-9-10-8-11-13(28-7-3-6-26-28)4-5-14(29)16(11)19(30)15(10)21(32)24(12,35)22(33)17(20(18)31)23(25)34;/h3-7,10,12,18,29-30,33,35H,8-9H2,1-2H3,(H2,25,34);1H4/t10-,12-,18-,24-;/m0./s1. The predicted octanol–water partition coefficient (Wildman–Crippen LogP) is 0.786. The molecule has 0 aliphatic heterocycles. The largest absolute Gasteiger partial charge is 0.508 e. The number of fused-ring (bicyclic) bond motifs is 3. The predicted molar refractivity (Wildman–Crippen MR) is 128 cm³/mol. The van der Waals surface area contributed by atoms with Crippen LogP contribution in [-0.2, 0) is 20.8 Å². The lowest BCUT2D eigenvalue weighted by molar-refractivity contribution is -0.153. The fourth-order valence-corrected chi connectivity index (χ4v) is 5.85. The van der Waals surface area contributed by atoms with E-state index in [4.69, 9.17) is 5.73 Å². The number of rotatable bonds is 3. The average molecular weight is 497 g/mol. The molecule has 4 atom stereocenters. The monoisotopic (exact) mass is 496 g/mol. The van der Waals surface area contributed by atoms with Crippen molar-refractivity contribution in [3.05, 3.63) is 58.6 Å². The topological polar surface area (TPSA) is 179 Å². The van der Waals surface area contributed by atoms with Crippen LogP contribution in [-0.4, -0.2) is 78.3 Å². The van der Waals surface area contributed by atoms with E-state index < -0.39 is 58.0 Å². The molecule has 5 rings (SSSR count). The third-order valence-corrected chi connectivity index (χ3v) is 7.33. The van der Waals surface area contributed by atoms with Crippen molar-refractivity contribution in [2.24, 2.45) is 17.6 Å². The number of phenols is 1. The third kappa shape index (κ3) is 3.12. The Hall–Kier alpha value is -3.96. The molecule has 2 aromatic rings. The summed E-state index contributed by atoms with van der Waals surface area (Å²) in [5, 5.41) is 48.4. The normalized spacial score (nSPS) is 27.4. The number of phenolic OH excluding ortho intramolecular Hbond substituents is 1. The zero-order valence-electron chi connectivity index (χ0n) is 19.0. The molecule has 3 aliphatic rings. The molecule has 0 radical (unpaired) electrons. The van der Waals surface area contributed by atoms with Crippen molar-refractivity contribution in [3.8, 4) is 11.4 Å². The highest BCUT2D eigenvalue weighted by Crippen LogP contribution is 2.53. The molecule has 0 spiro atoms. The Morgan fingerprint density at radius 1 is 1.22 bits per heavy atom. The number of aromatic nitrogens is 2. The molecule has 0 unspecified atom stereocenters. The highest BCUT2D eigenvalue weighted by molar-refractivity contribution is 6.24. The van der Waals surface area contributed by atoms with Crippen molar-refractivity contribution in [1.29, 1.82) is 0 Å². The highest BCUT2D eigenvalue weighted by atomic mass is 16.3. The van der Waals surface area contributed by atoms with Gasteiger partial charge in [-0.15, -0.1) is 0 Å². The van der Waals surface area contributed by atoms with Gasteiger partial charge in [-0.1, -0.05) is 7.43 Å². The highest BCUT2D eigenvalue weighted by Gasteiger charge is 2.64. The van der Waals surface area contributed by atoms with Gasteiger partial charge in [-0.05, 0) is 56.6 Å². The van der Waals surface area contributed by atoms with Gasteiger partial charge in [-0.2, -0.15) is 5.10 Å². The number of nitrogens with zero attached hydrogens (tertiary/aromatic N) is 3. The summed E-state index contributed by atoms with van der Waals surface area (Å²) in [6.45, 7) is 0. The van der Waals surface area contributed by atoms with E-state index in [2.05, 4.69) is 5.10 Å². The molecule has 0 saturated heterocycles. The minimum absolute atomic E-state index is 0. The number of aliphatic hydroxyl groups excluding tert-OH is 2. The molecule has 6 N–H and O–H groups in total. The molecule has 11 heteroatoms. The maximum atomic E-state index is 13.8. The molecule has 1 fully saturated rings. The molecule has 1 aromatic carbocycles. The quantitative estimate of drug-likeness (QED) is 0.384. The van der Waals surface area contributed by atoms with Crippen LogP contribution >= 0.6 is 0 Å². The number of aromatic hydroxyl groups is 1. The summed E-state index contributed by atoms with van der Waals surface area (Å²) >= 11 is 0. The SMILES string of the molecule is C.CN(C)[C@@H]1C(=O)C(C(N)=O)=C(O)[C@@]2(O)C(=O)C3=C(O)c4c(O)ccc(-n5cccn5)c4C[C@H]3C[C@@H]12. The summed E-state index contributed by atoms with van der Waals surface area (Å²) < 4.78 is 1.57. The summed E-state index contributed by atoms with van der Waals surface area (Å²) in [7, 11) is 3.11. The van der Waals surface area contributed by atoms with Gasteiger partial charge >= 0.3 is 0 Å². The summed E-state index contributed by atoms with van der Waals surface area (Å²) in [5.41, 5.74) is 2.79. The number of aliphatic hydroxyl groups is 3. The number of benzene rings is 1. The average Bonchev–Trinajstić information content (AvgIpc) is 3.30. The van der Waals surface area contributed by atoms with Crippen LogP contribution in [0, 0.1) is 11.8 Å². The van der Waals surface area contributed by atoms with E-state index in [0.717, 1.165) is 0 Å². The maximum absolute atomic E-state index is 13.8. The molecule has 1 amide bonds. The summed E-state index contributed by atoms with van der Waals surface area (Å²) in [6, 6.07) is 3.60. The molecule has 1 aromatic heterocycles. The molecule has 0 bridgehead atoms. The number of nitrogens with two attached hydrogens (primary N) is 1. The van der Waals surface area contributed by atoms with Crippen LogP contribution in [0.1, 0.15) is 25.0 Å². The van der Waals surface area contributed by atoms with E-state index >= 15 is 0 Å². The number of Topliss-reactive ketones (excluding diaryl/α,β-unsaturated/α-hetero) is 2. The van der Waals surface area contributed by atoms with Gasteiger partial charge in [-0.25, -0.2) is 4.68 Å². The number of primary amides is 1. The number of amides is 1. The van der Waals surface area contributed by atoms with Gasteiger partial charge in [0.25, 0.3) is 5.91 Å². The van der Waals surface area contributed by atoms with Gasteiger partial charge in [0.2, 0.25) is 5.78 Å². The van der Waals surface area contributed by atoms with Crippen LogP contribution in [0.4, 0.5) is 0 Å². The Bertz CT molecular complexity index is 1360. The van der Waals surface area contributed by atoms with E-state index in [1.54, 1.807) is 43.3 Å². The van der Waals surface area contributed by atoms with E-state index in [1.807, 2.05) is 0 Å². The Labute approximate surface area is 206 Å². The molecular formula is C25H28N4O7. The molecule has 3 aliphatic carbocycles. The summed E-state index contributed by atoms with van der Waals surface area (Å²) in [6.07, 6.45) is 3.50. The van der Waals surface area contributed by atoms with Crippen molar-refractivity contribution in [2.45, 2.75) is 31.9 Å². The van der Waals surface area contributed by atoms with Crippen LogP contribution in [0.3, 0.4) is 0 Å². The molecule has 190 valence electrons. The van der Waals surface area contributed by atoms with Gasteiger partial charge in [0.15, 0.2) is 11.4 Å². The first kappa shape index (κ1) is 25.1. The lowest BCUT2D eigenvalue weighted by Gasteiger charge is -2.50. The molecule has 11 nitrogen and oxygen atoms in total. The smallest absolute Gasteiger partial charge is 0.255 e. The number of carbonyl (C=O) groups excluding carboxylic acids is 3. The van der Waals surface area contributed by atoms with Gasteiger partial charge in [-0.3, -0.25) is 19.3 Å². The van der Waals surface area contributed by atoms with Crippen LogP contribution in [0.25, 0.3) is 11.4 Å². The van der Waals surface area contributed by atoms with Crippen molar-refractivity contribution in [2.75, 3.05) is 14.1 Å². The third-order valence-electron chi connectivity index (χ3n) is 7.33. The Balaban J connectivity index is 0.00000304. The van der Waals surface area contributed by atoms with Gasteiger partial charge in [0, 0.05) is 23.9 Å². The second kappa shape index (κ2) is 8.32. The summed E-state index contributed by atoms with van der Waals surface area (Å²) in [4.78, 5) is 40.4. The van der Waals surface area contributed by atoms with Gasteiger partial charge < -0.3 is 26.2 Å². The van der Waals surface area contributed by atoms with Crippen molar-refractivity contribution in [3.63, 3.8) is 0 Å². The number of hydrogen-bond donors (Lipinski definition) is 5. The van der Waals surface area contributed by atoms with E-state index in [0.29, 0.717) is 11.3 Å². The molecule has 1 saturated carbocycles. The van der Waals surface area contributed by atoms with Crippen LogP contribution in [0.15, 0.2) is 47.5 Å². The molecular weight excluding hydrogens is 468 g/mol. The Kier molecular flexibility index (Phi) is 5.81. The number of likely N-dealkylation sites (N-methyl/N-ethyl adjacent to an activating group) is 1. The van der Waals surface area contributed by atoms with E-state index in [-0.39, 0.29) is 37.2 Å². The maximum Gasteiger partial charge on any atom is 0.255 e. The molecule has 36 heavy (non-hydrogen) atoms. The van der Waals surface area contributed by atoms with Gasteiger partial charge in [0.1, 0.15) is 22.8 Å². The first-order valence-electron chi connectivity index (χ1n) is 11.0. The Morgan fingerprint density at radius 3 is 2.50 bits per heavy atom. The lowest BCUT2D eigenvalue weighted by Crippen LogP contribution is -2.65. The first-order valence-corrected chi connectivity index (χ1v) is 11.0. The summed E-state index contributed by atoms with van der Waals surface area (Å²) in [5.74, 6) is -6.78. The zero-order chi connectivity index (χ0) is 25.4. The van der Waals surface area contributed by atoms with Crippen molar-refractivity contribution in [1.82, 2.24) is 14.7 Å². The Morgan fingerprint density at radius 2 is 1.92 bits per heavy atom. The van der Waals surface area contributed by atoms with E-state index in [9.17, 15) is 34.8 Å². The van der Waals surface area contributed by atoms with E-state index in [1.165, 1.54) is 11.0 Å². The van der Waals surface area contributed by atoms with Crippen LogP contribution in [0.5, 0.6) is 5.75 Å². The van der Waals surface area contributed by atoms with Crippen molar-refractivity contribution < 1.29 is 34.8 Å². The van der Waals surface area contributed by atoms with Crippen LogP contribution < -0.4 is 5.73 Å². The minimum Gasteiger partial charge on any atom is -0.508 e. The number of carbonyl (C=O) groups is 3. The lowest BCUT2D eigenvalue weighted by atomic mass is 9.57. The van der Waals surface area contributed by atoms with Crippen molar-refractivity contribution >= 4 is 23.2 Å². The second-order valence-corrected chi connectivity index (χ2v) is 9.37. The number of ketones is 2. The minimum atomic E-state index is -2.65. The zero-order valence-corrected chi connectivity index (χ0v) is 19.0. The number of hydrogen-bond acceptors (Lipinski definition) is 9. The fourth-order valence-electron chi connectivity index (χ4n) is 5.85. The van der Waals surface area contributed by atoms with Crippen LogP contribution in [0.2, 0.25) is 0 Å². The molecule has 1 heterocycles. The first-order chi connectivity index (χ1) is 16.5. The second-order valence-electron chi connectivity index (χ2n) is 9.37. The van der Waals surface area contributed by atoms with Gasteiger partial charge in [0.05, 0.1) is 17.3 Å². The fraction of sp³-hybridized carbons (Fsp3) is 0.360.